The van der Waals surface area contributed by atoms with Crippen LogP contribution >= 0.6 is 12.4 Å². The summed E-state index contributed by atoms with van der Waals surface area (Å²) in [5, 5.41) is 15.9. The van der Waals surface area contributed by atoms with Crippen molar-refractivity contribution >= 4 is 18.3 Å². The number of hydrogen-bond acceptors (Lipinski definition) is 5. The topological polar surface area (TPSA) is 79.8 Å². The standard InChI is InChI=1S/C16H24N2O4.ClH/c1-11(2)22-13-5-3-12(4-6-13)15(19)9-18-16(20)14-10-21-8-7-17-14;/h3-6,11,14-15,17,19H,7-10H2,1-2H3,(H,18,20);1H. The van der Waals surface area contributed by atoms with E-state index in [0.717, 1.165) is 11.3 Å². The summed E-state index contributed by atoms with van der Waals surface area (Å²) in [5.41, 5.74) is 0.740. The Bertz CT molecular complexity index is 475. The van der Waals surface area contributed by atoms with Crippen LogP contribution in [0.1, 0.15) is 25.5 Å². The lowest BCUT2D eigenvalue weighted by molar-refractivity contribution is -0.126. The first-order valence-corrected chi connectivity index (χ1v) is 7.60. The molecule has 2 atom stereocenters. The molecule has 3 N–H and O–H groups in total. The van der Waals surface area contributed by atoms with Crippen molar-refractivity contribution in [2.75, 3.05) is 26.3 Å². The zero-order chi connectivity index (χ0) is 15.9. The quantitative estimate of drug-likeness (QED) is 0.718. The fourth-order valence-corrected chi connectivity index (χ4v) is 2.21. The van der Waals surface area contributed by atoms with Gasteiger partial charge in [0.05, 0.1) is 25.4 Å². The third kappa shape index (κ3) is 6.35. The highest BCUT2D eigenvalue weighted by molar-refractivity contribution is 5.85. The van der Waals surface area contributed by atoms with Gasteiger partial charge in [0.25, 0.3) is 0 Å². The number of ether oxygens (including phenoxy) is 2. The predicted octanol–water partition coefficient (Wildman–Crippen LogP) is 1.03. The number of carbonyl (C=O) groups excluding carboxylic acids is 1. The second-order valence-corrected chi connectivity index (χ2v) is 5.58. The maximum Gasteiger partial charge on any atom is 0.239 e. The van der Waals surface area contributed by atoms with Crippen molar-refractivity contribution in [3.63, 3.8) is 0 Å². The SMILES string of the molecule is CC(C)Oc1ccc(C(O)CNC(=O)C2COCCN2)cc1.Cl. The Balaban J connectivity index is 0.00000264. The Morgan fingerprint density at radius 1 is 1.43 bits per heavy atom. The lowest BCUT2D eigenvalue weighted by Gasteiger charge is -2.23. The molecule has 1 aromatic carbocycles. The number of aliphatic hydroxyl groups excluding tert-OH is 1. The van der Waals surface area contributed by atoms with Gasteiger partial charge >= 0.3 is 0 Å². The van der Waals surface area contributed by atoms with Crippen LogP contribution in [0.4, 0.5) is 0 Å². The van der Waals surface area contributed by atoms with Gasteiger partial charge in [0, 0.05) is 13.1 Å². The number of halogens is 1. The zero-order valence-corrected chi connectivity index (χ0v) is 14.3. The Hall–Kier alpha value is -1.34. The van der Waals surface area contributed by atoms with Gasteiger partial charge in [-0.3, -0.25) is 4.79 Å². The number of aliphatic hydroxyl groups is 1. The van der Waals surface area contributed by atoms with Gasteiger partial charge in [-0.05, 0) is 31.5 Å². The zero-order valence-electron chi connectivity index (χ0n) is 13.5. The summed E-state index contributed by atoms with van der Waals surface area (Å²) >= 11 is 0. The Kier molecular flexibility index (Phi) is 8.33. The number of nitrogens with one attached hydrogen (secondary N) is 2. The van der Waals surface area contributed by atoms with E-state index in [0.29, 0.717) is 19.8 Å². The highest BCUT2D eigenvalue weighted by atomic mass is 35.5. The first kappa shape index (κ1) is 19.7. The van der Waals surface area contributed by atoms with Crippen molar-refractivity contribution < 1.29 is 19.4 Å². The molecular weight excluding hydrogens is 320 g/mol. The van der Waals surface area contributed by atoms with Crippen molar-refractivity contribution in [1.29, 1.82) is 0 Å². The van der Waals surface area contributed by atoms with Crippen LogP contribution in [-0.4, -0.2) is 49.5 Å². The normalized spacial score (nSPS) is 18.9. The molecule has 7 heteroatoms. The second kappa shape index (κ2) is 9.72. The molecule has 0 radical (unpaired) electrons. The van der Waals surface area contributed by atoms with Gasteiger partial charge in [0.15, 0.2) is 0 Å². The minimum absolute atomic E-state index is 0. The van der Waals surface area contributed by atoms with Crippen LogP contribution in [0.2, 0.25) is 0 Å². The number of amides is 1. The molecule has 2 unspecified atom stereocenters. The van der Waals surface area contributed by atoms with Gasteiger partial charge in [0.2, 0.25) is 5.91 Å². The molecule has 0 aliphatic carbocycles. The molecule has 0 aromatic heterocycles. The van der Waals surface area contributed by atoms with Crippen molar-refractivity contribution in [1.82, 2.24) is 10.6 Å². The first-order chi connectivity index (χ1) is 10.6. The van der Waals surface area contributed by atoms with Gasteiger partial charge in [0.1, 0.15) is 11.8 Å². The average molecular weight is 345 g/mol. The molecule has 1 aliphatic heterocycles. The summed E-state index contributed by atoms with van der Waals surface area (Å²) in [4.78, 5) is 11.9. The van der Waals surface area contributed by atoms with Gasteiger partial charge < -0.3 is 25.2 Å². The van der Waals surface area contributed by atoms with Gasteiger partial charge in [-0.2, -0.15) is 0 Å². The molecule has 1 fully saturated rings. The van der Waals surface area contributed by atoms with Gasteiger partial charge in [-0.15, -0.1) is 12.4 Å². The molecule has 23 heavy (non-hydrogen) atoms. The smallest absolute Gasteiger partial charge is 0.239 e. The molecule has 2 rings (SSSR count). The Morgan fingerprint density at radius 3 is 2.70 bits per heavy atom. The van der Waals surface area contributed by atoms with E-state index in [4.69, 9.17) is 9.47 Å². The lowest BCUT2D eigenvalue weighted by Crippen LogP contribution is -2.51. The van der Waals surface area contributed by atoms with Crippen LogP contribution in [0, 0.1) is 0 Å². The molecule has 1 amide bonds. The largest absolute Gasteiger partial charge is 0.491 e. The number of hydrogen-bond donors (Lipinski definition) is 3. The number of benzene rings is 1. The molecule has 0 bridgehead atoms. The summed E-state index contributed by atoms with van der Waals surface area (Å²) in [5.74, 6) is 0.608. The summed E-state index contributed by atoms with van der Waals surface area (Å²) < 4.78 is 10.8. The fourth-order valence-electron chi connectivity index (χ4n) is 2.21. The number of carbonyl (C=O) groups is 1. The van der Waals surface area contributed by atoms with E-state index >= 15 is 0 Å². The van der Waals surface area contributed by atoms with Gasteiger partial charge in [-0.1, -0.05) is 12.1 Å². The van der Waals surface area contributed by atoms with E-state index in [-0.39, 0.29) is 37.0 Å². The maximum absolute atomic E-state index is 11.9. The predicted molar refractivity (Wildman–Crippen MR) is 90.0 cm³/mol. The van der Waals surface area contributed by atoms with Crippen molar-refractivity contribution in [2.24, 2.45) is 0 Å². The molecule has 1 aromatic rings. The molecule has 1 heterocycles. The Labute approximate surface area is 143 Å². The van der Waals surface area contributed by atoms with Crippen molar-refractivity contribution in [3.8, 4) is 5.75 Å². The van der Waals surface area contributed by atoms with E-state index in [2.05, 4.69) is 10.6 Å². The lowest BCUT2D eigenvalue weighted by atomic mass is 10.1. The van der Waals surface area contributed by atoms with Crippen LogP contribution in [0.15, 0.2) is 24.3 Å². The van der Waals surface area contributed by atoms with Crippen molar-refractivity contribution in [3.05, 3.63) is 29.8 Å². The van der Waals surface area contributed by atoms with Crippen LogP contribution in [0.3, 0.4) is 0 Å². The molecule has 0 spiro atoms. The summed E-state index contributed by atoms with van der Waals surface area (Å²) in [6, 6.07) is 6.89. The molecule has 1 saturated heterocycles. The number of morpholine rings is 1. The minimum Gasteiger partial charge on any atom is -0.491 e. The average Bonchev–Trinajstić information content (AvgIpc) is 2.53. The van der Waals surface area contributed by atoms with Gasteiger partial charge in [-0.25, -0.2) is 0 Å². The third-order valence-corrected chi connectivity index (χ3v) is 3.34. The van der Waals surface area contributed by atoms with Crippen molar-refractivity contribution in [2.45, 2.75) is 32.1 Å². The number of rotatable bonds is 6. The van der Waals surface area contributed by atoms with Crippen LogP contribution in [-0.2, 0) is 9.53 Å². The van der Waals surface area contributed by atoms with Crippen LogP contribution in [0.5, 0.6) is 5.75 Å². The summed E-state index contributed by atoms with van der Waals surface area (Å²) in [7, 11) is 0. The van der Waals surface area contributed by atoms with Crippen LogP contribution in [0.25, 0.3) is 0 Å². The monoisotopic (exact) mass is 344 g/mol. The fraction of sp³-hybridized carbons (Fsp3) is 0.562. The minimum atomic E-state index is -0.749. The molecular formula is C16H25ClN2O4. The summed E-state index contributed by atoms with van der Waals surface area (Å²) in [6.45, 7) is 5.74. The molecule has 6 nitrogen and oxygen atoms in total. The first-order valence-electron chi connectivity index (χ1n) is 7.60. The van der Waals surface area contributed by atoms with E-state index in [1.807, 2.05) is 26.0 Å². The van der Waals surface area contributed by atoms with E-state index in [9.17, 15) is 9.90 Å². The highest BCUT2D eigenvalue weighted by Crippen LogP contribution is 2.18. The maximum atomic E-state index is 11.9. The highest BCUT2D eigenvalue weighted by Gasteiger charge is 2.21. The molecule has 130 valence electrons. The van der Waals surface area contributed by atoms with E-state index in [1.165, 1.54) is 0 Å². The molecule has 0 saturated carbocycles. The van der Waals surface area contributed by atoms with E-state index in [1.54, 1.807) is 12.1 Å². The molecule has 1 aliphatic rings. The third-order valence-electron chi connectivity index (χ3n) is 3.34. The second-order valence-electron chi connectivity index (χ2n) is 5.58. The summed E-state index contributed by atoms with van der Waals surface area (Å²) in [6.07, 6.45) is -0.637. The van der Waals surface area contributed by atoms with Crippen LogP contribution < -0.4 is 15.4 Å². The Morgan fingerprint density at radius 2 is 2.13 bits per heavy atom. The van der Waals surface area contributed by atoms with E-state index < -0.39 is 6.10 Å².